The minimum absolute atomic E-state index is 0.0704. The van der Waals surface area contributed by atoms with E-state index in [9.17, 15) is 0 Å². The Bertz CT molecular complexity index is 1260. The lowest BCUT2D eigenvalue weighted by Crippen LogP contribution is -2.05. The van der Waals surface area contributed by atoms with Crippen molar-refractivity contribution in [2.24, 2.45) is 0 Å². The fraction of sp³-hybridized carbons (Fsp3) is 0.261. The number of hydrogen-bond acceptors (Lipinski definition) is 5. The van der Waals surface area contributed by atoms with Gasteiger partial charge in [-0.05, 0) is 42.7 Å². The van der Waals surface area contributed by atoms with Crippen molar-refractivity contribution >= 4 is 58.0 Å². The summed E-state index contributed by atoms with van der Waals surface area (Å²) >= 11 is 24.4. The van der Waals surface area contributed by atoms with Crippen LogP contribution in [0.25, 0.3) is 5.69 Å². The van der Waals surface area contributed by atoms with Gasteiger partial charge in [0.05, 0.1) is 12.8 Å². The number of methoxy groups -OCH3 is 1. The molecule has 0 spiro atoms. The molecule has 2 N–H and O–H groups in total. The molecule has 2 heterocycles. The molecule has 0 fully saturated rings. The van der Waals surface area contributed by atoms with Crippen molar-refractivity contribution < 1.29 is 4.74 Å². The highest BCUT2D eigenvalue weighted by atomic mass is 35.5. The van der Waals surface area contributed by atoms with Gasteiger partial charge in [-0.15, -0.1) is 16.7 Å². The summed E-state index contributed by atoms with van der Waals surface area (Å²) in [6, 6.07) is 11.1. The number of nitrogens with one attached hydrogen (secondary N) is 2. The molecule has 0 amide bonds. The molecule has 2 aromatic heterocycles. The zero-order valence-corrected chi connectivity index (χ0v) is 21.3. The molecule has 0 saturated carbocycles. The molecule has 1 unspecified atom stereocenters. The van der Waals surface area contributed by atoms with Crippen LogP contribution in [0.4, 0.5) is 11.6 Å². The molecule has 0 radical (unpaired) electrons. The number of imidazole rings is 1. The van der Waals surface area contributed by atoms with E-state index < -0.39 is 0 Å². The number of aromatic nitrogens is 5. The zero-order chi connectivity index (χ0) is 24.1. The van der Waals surface area contributed by atoms with Crippen molar-refractivity contribution in [3.8, 4) is 11.4 Å². The highest BCUT2D eigenvalue weighted by Gasteiger charge is 2.21. The van der Waals surface area contributed by atoms with Crippen molar-refractivity contribution in [3.63, 3.8) is 0 Å². The Kier molecular flexibility index (Phi) is 8.21. The van der Waals surface area contributed by atoms with Gasteiger partial charge in [0.15, 0.2) is 0 Å². The number of benzene rings is 2. The van der Waals surface area contributed by atoms with Crippen molar-refractivity contribution in [1.29, 1.82) is 0 Å². The second-order valence-electron chi connectivity index (χ2n) is 7.56. The van der Waals surface area contributed by atoms with Crippen LogP contribution in [0.3, 0.4) is 0 Å². The standard InChI is InChI=1S/C23H22Cl4N6O/c1-34-20-11-15(6-8-19(20)33-12-21(27)28-13-33)29-23-30-22(31-32-23)17(4-2-3-9-24)16-7-5-14(25)10-18(16)26/h5-8,10-13,17H,2-4,9H2,1H3,(H2,29,30,31,32). The van der Waals surface area contributed by atoms with Crippen LogP contribution in [0.1, 0.15) is 36.6 Å². The van der Waals surface area contributed by atoms with Crippen molar-refractivity contribution in [2.75, 3.05) is 18.3 Å². The van der Waals surface area contributed by atoms with Gasteiger partial charge in [0, 0.05) is 39.8 Å². The van der Waals surface area contributed by atoms with Gasteiger partial charge in [-0.1, -0.05) is 47.3 Å². The molecule has 4 aromatic rings. The van der Waals surface area contributed by atoms with Crippen LogP contribution in [0.15, 0.2) is 48.9 Å². The van der Waals surface area contributed by atoms with Crippen LogP contribution in [-0.2, 0) is 0 Å². The third-order valence-electron chi connectivity index (χ3n) is 5.31. The van der Waals surface area contributed by atoms with Gasteiger partial charge in [-0.25, -0.2) is 4.98 Å². The summed E-state index contributed by atoms with van der Waals surface area (Å²) in [6.45, 7) is 0. The first-order chi connectivity index (χ1) is 16.5. The van der Waals surface area contributed by atoms with E-state index in [0.717, 1.165) is 36.2 Å². The zero-order valence-electron chi connectivity index (χ0n) is 18.2. The normalized spacial score (nSPS) is 12.0. The minimum Gasteiger partial charge on any atom is -0.494 e. The Morgan fingerprint density at radius 2 is 1.97 bits per heavy atom. The molecule has 34 heavy (non-hydrogen) atoms. The molecule has 0 aliphatic rings. The van der Waals surface area contributed by atoms with E-state index in [4.69, 9.17) is 51.1 Å². The number of unbranched alkanes of at least 4 members (excludes halogenated alkanes) is 1. The molecular formula is C23H22Cl4N6O. The van der Waals surface area contributed by atoms with E-state index in [1.807, 2.05) is 30.3 Å². The van der Waals surface area contributed by atoms with Crippen LogP contribution in [-0.4, -0.2) is 37.7 Å². The Morgan fingerprint density at radius 1 is 1.12 bits per heavy atom. The van der Waals surface area contributed by atoms with Gasteiger partial charge in [-0.3, -0.25) is 5.10 Å². The molecule has 0 aliphatic heterocycles. The smallest absolute Gasteiger partial charge is 0.246 e. The number of alkyl halides is 1. The van der Waals surface area contributed by atoms with Gasteiger partial charge in [-0.2, -0.15) is 4.98 Å². The van der Waals surface area contributed by atoms with Gasteiger partial charge >= 0.3 is 0 Å². The van der Waals surface area contributed by atoms with Crippen LogP contribution in [0.5, 0.6) is 5.75 Å². The molecule has 0 bridgehead atoms. The molecule has 1 atom stereocenters. The first-order valence-electron chi connectivity index (χ1n) is 10.6. The SMILES string of the molecule is COc1cc(Nc2n[nH]c(C(CCCCCl)c3ccc(Cl)cc3Cl)n2)ccc1-n1cnc(Cl)c1. The number of nitrogens with zero attached hydrogens (tertiary/aromatic N) is 4. The van der Waals surface area contributed by atoms with E-state index in [1.54, 1.807) is 30.3 Å². The maximum atomic E-state index is 6.51. The molecule has 11 heteroatoms. The number of hydrogen-bond donors (Lipinski definition) is 2. The van der Waals surface area contributed by atoms with Crippen LogP contribution < -0.4 is 10.1 Å². The lowest BCUT2D eigenvalue weighted by molar-refractivity contribution is 0.413. The second-order valence-corrected chi connectivity index (χ2v) is 9.17. The lowest BCUT2D eigenvalue weighted by Gasteiger charge is -2.16. The van der Waals surface area contributed by atoms with E-state index in [2.05, 4.69) is 25.5 Å². The first-order valence-corrected chi connectivity index (χ1v) is 12.2. The molecule has 0 saturated heterocycles. The number of ether oxygens (including phenoxy) is 1. The number of aromatic amines is 1. The summed E-state index contributed by atoms with van der Waals surface area (Å²) in [5.74, 6) is 2.31. The lowest BCUT2D eigenvalue weighted by atomic mass is 9.93. The maximum Gasteiger partial charge on any atom is 0.246 e. The number of rotatable bonds is 10. The predicted octanol–water partition coefficient (Wildman–Crippen LogP) is 7.24. The van der Waals surface area contributed by atoms with Gasteiger partial charge in [0.1, 0.15) is 23.1 Å². The fourth-order valence-electron chi connectivity index (χ4n) is 3.68. The van der Waals surface area contributed by atoms with Gasteiger partial charge < -0.3 is 14.6 Å². The summed E-state index contributed by atoms with van der Waals surface area (Å²) in [5, 5.41) is 12.2. The molecule has 7 nitrogen and oxygen atoms in total. The van der Waals surface area contributed by atoms with E-state index in [1.165, 1.54) is 0 Å². The average molecular weight is 540 g/mol. The molecule has 0 aliphatic carbocycles. The van der Waals surface area contributed by atoms with E-state index in [0.29, 0.717) is 38.6 Å². The summed E-state index contributed by atoms with van der Waals surface area (Å²) in [6.07, 6.45) is 5.98. The third kappa shape index (κ3) is 5.78. The largest absolute Gasteiger partial charge is 0.494 e. The van der Waals surface area contributed by atoms with Crippen LogP contribution in [0, 0.1) is 0 Å². The Labute approximate surface area is 217 Å². The molecular weight excluding hydrogens is 518 g/mol. The quantitative estimate of drug-likeness (QED) is 0.164. The van der Waals surface area contributed by atoms with Crippen molar-refractivity contribution in [2.45, 2.75) is 25.2 Å². The summed E-state index contributed by atoms with van der Waals surface area (Å²) in [7, 11) is 1.60. The van der Waals surface area contributed by atoms with Crippen LogP contribution >= 0.6 is 46.4 Å². The Hall–Kier alpha value is -2.45. The number of halogens is 4. The highest BCUT2D eigenvalue weighted by molar-refractivity contribution is 6.35. The summed E-state index contributed by atoms with van der Waals surface area (Å²) in [5.41, 5.74) is 2.51. The van der Waals surface area contributed by atoms with E-state index in [-0.39, 0.29) is 5.92 Å². The van der Waals surface area contributed by atoms with Gasteiger partial charge in [0.25, 0.3) is 0 Å². The Morgan fingerprint density at radius 3 is 2.68 bits per heavy atom. The summed E-state index contributed by atoms with van der Waals surface area (Å²) in [4.78, 5) is 8.74. The molecule has 178 valence electrons. The first kappa shape index (κ1) is 24.7. The fourth-order valence-corrected chi connectivity index (χ4v) is 4.56. The van der Waals surface area contributed by atoms with Crippen LogP contribution in [0.2, 0.25) is 15.2 Å². The summed E-state index contributed by atoms with van der Waals surface area (Å²) < 4.78 is 7.34. The Balaban J connectivity index is 1.57. The predicted molar refractivity (Wildman–Crippen MR) is 138 cm³/mol. The highest BCUT2D eigenvalue weighted by Crippen LogP contribution is 2.35. The topological polar surface area (TPSA) is 80.6 Å². The molecule has 2 aromatic carbocycles. The van der Waals surface area contributed by atoms with Crippen molar-refractivity contribution in [3.05, 3.63) is 75.5 Å². The van der Waals surface area contributed by atoms with Gasteiger partial charge in [0.2, 0.25) is 5.95 Å². The maximum absolute atomic E-state index is 6.51. The number of H-pyrrole nitrogens is 1. The monoisotopic (exact) mass is 538 g/mol. The van der Waals surface area contributed by atoms with E-state index >= 15 is 0 Å². The van der Waals surface area contributed by atoms with Crippen molar-refractivity contribution in [1.82, 2.24) is 24.7 Å². The minimum atomic E-state index is -0.0704. The average Bonchev–Trinajstić information content (AvgIpc) is 3.46. The number of anilines is 2. The molecule has 4 rings (SSSR count). The second kappa shape index (κ2) is 11.3. The third-order valence-corrected chi connectivity index (χ3v) is 6.34.